The van der Waals surface area contributed by atoms with E-state index in [1.54, 1.807) is 0 Å². The minimum absolute atomic E-state index is 0.190. The van der Waals surface area contributed by atoms with Crippen LogP contribution in [0.2, 0.25) is 18.1 Å². The molecule has 3 nitrogen and oxygen atoms in total. The zero-order valence-electron chi connectivity index (χ0n) is 12.5. The van der Waals surface area contributed by atoms with Crippen LogP contribution >= 0.6 is 0 Å². The predicted octanol–water partition coefficient (Wildman–Crippen LogP) is 4.31. The van der Waals surface area contributed by atoms with Crippen LogP contribution in [0.5, 0.6) is 0 Å². The second kappa shape index (κ2) is 9.10. The van der Waals surface area contributed by atoms with Gasteiger partial charge in [-0.2, -0.15) is 0 Å². The van der Waals surface area contributed by atoms with Gasteiger partial charge in [0.05, 0.1) is 5.75 Å². The maximum atomic E-state index is 12.0. The zero-order chi connectivity index (χ0) is 14.1. The van der Waals surface area contributed by atoms with Crippen LogP contribution in [0.1, 0.15) is 59.8 Å². The molecule has 0 aromatic rings. The smallest absolute Gasteiger partial charge is 0.257 e. The number of unbranched alkanes of at least 4 members (excludes halogenated alkanes) is 1. The minimum atomic E-state index is -3.31. The van der Waals surface area contributed by atoms with Crippen molar-refractivity contribution in [3.63, 3.8) is 0 Å². The first-order chi connectivity index (χ1) is 8.45. The van der Waals surface area contributed by atoms with Crippen LogP contribution in [0.3, 0.4) is 0 Å². The average molecular weight is 295 g/mol. The normalized spacial score (nSPS) is 12.9. The highest BCUT2D eigenvalue weighted by atomic mass is 32.2. The van der Waals surface area contributed by atoms with E-state index in [4.69, 9.17) is 3.87 Å². The topological polar surface area (TPSA) is 43.4 Å². The fourth-order valence-electron chi connectivity index (χ4n) is 2.50. The van der Waals surface area contributed by atoms with Gasteiger partial charge in [0.25, 0.3) is 10.1 Å². The summed E-state index contributed by atoms with van der Waals surface area (Å²) in [5.74, 6) is 0.190. The SMILES string of the molecule is CCCCS(=O)(=O)O[Si](CCC)(CCC)CCC. The molecule has 0 unspecified atom stereocenters. The quantitative estimate of drug-likeness (QED) is 0.533. The summed E-state index contributed by atoms with van der Waals surface area (Å²) in [5.41, 5.74) is 0. The van der Waals surface area contributed by atoms with Crippen molar-refractivity contribution in [1.82, 2.24) is 0 Å². The van der Waals surface area contributed by atoms with Crippen LogP contribution in [-0.4, -0.2) is 22.5 Å². The van der Waals surface area contributed by atoms with Crippen LogP contribution in [0.25, 0.3) is 0 Å². The zero-order valence-corrected chi connectivity index (χ0v) is 14.3. The molecule has 0 rings (SSSR count). The molecule has 0 saturated heterocycles. The van der Waals surface area contributed by atoms with Crippen molar-refractivity contribution in [2.24, 2.45) is 0 Å². The predicted molar refractivity (Wildman–Crippen MR) is 80.8 cm³/mol. The van der Waals surface area contributed by atoms with Gasteiger partial charge >= 0.3 is 0 Å². The van der Waals surface area contributed by atoms with Gasteiger partial charge in [0.2, 0.25) is 8.32 Å². The molecule has 0 heterocycles. The molecular formula is C13H30O3SSi. The Hall–Kier alpha value is 0.127. The van der Waals surface area contributed by atoms with Crippen molar-refractivity contribution in [2.75, 3.05) is 5.75 Å². The fraction of sp³-hybridized carbons (Fsp3) is 1.00. The third kappa shape index (κ3) is 6.90. The maximum Gasteiger partial charge on any atom is 0.257 e. The molecule has 0 aliphatic heterocycles. The molecule has 0 aromatic carbocycles. The Kier molecular flexibility index (Phi) is 9.16. The Bertz CT molecular complexity index is 284. The van der Waals surface area contributed by atoms with Gasteiger partial charge in [0.15, 0.2) is 0 Å². The summed E-state index contributed by atoms with van der Waals surface area (Å²) in [7, 11) is -5.38. The van der Waals surface area contributed by atoms with Crippen molar-refractivity contribution >= 4 is 18.4 Å². The van der Waals surface area contributed by atoms with E-state index in [-0.39, 0.29) is 5.75 Å². The lowest BCUT2D eigenvalue weighted by Crippen LogP contribution is -2.40. The molecule has 5 heteroatoms. The van der Waals surface area contributed by atoms with Gasteiger partial charge in [-0.05, 0) is 24.6 Å². The van der Waals surface area contributed by atoms with Crippen LogP contribution < -0.4 is 0 Å². The van der Waals surface area contributed by atoms with Crippen LogP contribution in [0.15, 0.2) is 0 Å². The Morgan fingerprint density at radius 2 is 1.28 bits per heavy atom. The molecule has 0 atom stereocenters. The minimum Gasteiger partial charge on any atom is -0.315 e. The van der Waals surface area contributed by atoms with E-state index in [2.05, 4.69) is 20.8 Å². The van der Waals surface area contributed by atoms with E-state index < -0.39 is 18.4 Å². The van der Waals surface area contributed by atoms with Crippen molar-refractivity contribution in [2.45, 2.75) is 77.9 Å². The van der Waals surface area contributed by atoms with E-state index in [0.29, 0.717) is 6.42 Å². The molecule has 110 valence electrons. The molecule has 0 N–H and O–H groups in total. The standard InChI is InChI=1S/C13H30O3SSi/c1-5-9-10-17(14,15)16-18(11-6-2,12-7-3)13-8-4/h5-13H2,1-4H3. The Labute approximate surface area is 115 Å². The van der Waals surface area contributed by atoms with E-state index in [1.165, 1.54) is 0 Å². The number of hydrogen-bond donors (Lipinski definition) is 0. The lowest BCUT2D eigenvalue weighted by atomic mass is 10.4. The van der Waals surface area contributed by atoms with Crippen molar-refractivity contribution in [1.29, 1.82) is 0 Å². The van der Waals surface area contributed by atoms with E-state index in [0.717, 1.165) is 43.8 Å². The summed E-state index contributed by atoms with van der Waals surface area (Å²) in [6, 6.07) is 2.92. The average Bonchev–Trinajstić information content (AvgIpc) is 2.27. The third-order valence-corrected chi connectivity index (χ3v) is 10.6. The van der Waals surface area contributed by atoms with Crippen LogP contribution in [-0.2, 0) is 14.0 Å². The first-order valence-electron chi connectivity index (χ1n) is 7.38. The van der Waals surface area contributed by atoms with Gasteiger partial charge in [-0.1, -0.05) is 53.4 Å². The Morgan fingerprint density at radius 3 is 1.61 bits per heavy atom. The lowest BCUT2D eigenvalue weighted by molar-refractivity contribution is 0.467. The highest BCUT2D eigenvalue weighted by Gasteiger charge is 2.37. The van der Waals surface area contributed by atoms with Gasteiger partial charge in [-0.15, -0.1) is 0 Å². The summed E-state index contributed by atoms with van der Waals surface area (Å²) >= 11 is 0. The molecule has 18 heavy (non-hydrogen) atoms. The summed E-state index contributed by atoms with van der Waals surface area (Å²) in [4.78, 5) is 0. The molecule has 0 radical (unpaired) electrons. The first-order valence-corrected chi connectivity index (χ1v) is 11.5. The Balaban J connectivity index is 4.83. The second-order valence-corrected chi connectivity index (χ2v) is 11.2. The first kappa shape index (κ1) is 18.1. The summed E-state index contributed by atoms with van der Waals surface area (Å²) in [6.07, 6.45) is 4.67. The van der Waals surface area contributed by atoms with Gasteiger partial charge in [-0.3, -0.25) is 0 Å². The molecule has 0 aromatic heterocycles. The van der Waals surface area contributed by atoms with Crippen molar-refractivity contribution < 1.29 is 12.3 Å². The van der Waals surface area contributed by atoms with Crippen molar-refractivity contribution in [3.05, 3.63) is 0 Å². The third-order valence-electron chi connectivity index (χ3n) is 3.17. The van der Waals surface area contributed by atoms with E-state index in [9.17, 15) is 8.42 Å². The van der Waals surface area contributed by atoms with Gasteiger partial charge in [-0.25, -0.2) is 8.42 Å². The lowest BCUT2D eigenvalue weighted by Gasteiger charge is -2.30. The molecular weight excluding hydrogens is 264 g/mol. The van der Waals surface area contributed by atoms with E-state index in [1.807, 2.05) is 6.92 Å². The summed E-state index contributed by atoms with van der Waals surface area (Å²) in [5, 5.41) is 0. The van der Waals surface area contributed by atoms with Gasteiger partial charge < -0.3 is 3.87 Å². The second-order valence-electron chi connectivity index (χ2n) is 5.13. The van der Waals surface area contributed by atoms with Crippen LogP contribution in [0.4, 0.5) is 0 Å². The fourth-order valence-corrected chi connectivity index (χ4v) is 10.1. The largest absolute Gasteiger partial charge is 0.315 e. The Morgan fingerprint density at radius 1 is 0.833 bits per heavy atom. The molecule has 0 saturated carbocycles. The molecule has 0 spiro atoms. The van der Waals surface area contributed by atoms with Crippen molar-refractivity contribution in [3.8, 4) is 0 Å². The monoisotopic (exact) mass is 294 g/mol. The van der Waals surface area contributed by atoms with E-state index >= 15 is 0 Å². The highest BCUT2D eigenvalue weighted by Crippen LogP contribution is 2.29. The molecule has 0 fully saturated rings. The summed E-state index contributed by atoms with van der Waals surface area (Å²) < 4.78 is 29.8. The molecule has 0 bridgehead atoms. The molecule has 0 aliphatic rings. The summed E-state index contributed by atoms with van der Waals surface area (Å²) in [6.45, 7) is 8.36. The molecule has 0 aliphatic carbocycles. The molecule has 0 amide bonds. The number of rotatable bonds is 11. The maximum absolute atomic E-state index is 12.0. The van der Waals surface area contributed by atoms with Crippen LogP contribution in [0, 0.1) is 0 Å². The van der Waals surface area contributed by atoms with Gasteiger partial charge in [0.1, 0.15) is 0 Å². The highest BCUT2D eigenvalue weighted by molar-refractivity contribution is 7.87. The number of hydrogen-bond acceptors (Lipinski definition) is 3. The van der Waals surface area contributed by atoms with Gasteiger partial charge in [0, 0.05) is 0 Å².